The summed E-state index contributed by atoms with van der Waals surface area (Å²) in [6, 6.07) is 7.94. The second-order valence-electron chi connectivity index (χ2n) is 8.76. The van der Waals surface area contributed by atoms with E-state index in [0.717, 1.165) is 35.7 Å². The van der Waals surface area contributed by atoms with Gasteiger partial charge in [-0.05, 0) is 36.5 Å². The highest BCUT2D eigenvalue weighted by molar-refractivity contribution is 7.91. The number of anilines is 2. The van der Waals surface area contributed by atoms with E-state index in [-0.39, 0.29) is 21.9 Å². The zero-order chi connectivity index (χ0) is 21.9. The standard InChI is InChI=1S/C20H29N5O3S2/c1-14-6-5-11-25(13-14)16-9-7-15(8-10-16)12-21-30(27,28)19-24-23-18(29-19)22-17(26)20(2,3)4/h7-10,14,21H,5-6,11-13H2,1-4H3,(H,22,23,26)/t14-/m0/s1. The Kier molecular flexibility index (Phi) is 6.78. The number of hydrogen-bond acceptors (Lipinski definition) is 7. The topological polar surface area (TPSA) is 104 Å². The molecule has 1 aromatic heterocycles. The predicted molar refractivity (Wildman–Crippen MR) is 119 cm³/mol. The van der Waals surface area contributed by atoms with Crippen LogP contribution in [0.5, 0.6) is 0 Å². The van der Waals surface area contributed by atoms with E-state index in [1.165, 1.54) is 12.8 Å². The lowest BCUT2D eigenvalue weighted by atomic mass is 9.96. The van der Waals surface area contributed by atoms with Crippen molar-refractivity contribution in [1.82, 2.24) is 14.9 Å². The highest BCUT2D eigenvalue weighted by Crippen LogP contribution is 2.25. The molecule has 3 rings (SSSR count). The zero-order valence-corrected chi connectivity index (χ0v) is 19.4. The van der Waals surface area contributed by atoms with E-state index in [4.69, 9.17) is 0 Å². The molecule has 2 aromatic rings. The molecular weight excluding hydrogens is 422 g/mol. The van der Waals surface area contributed by atoms with Crippen LogP contribution in [0.2, 0.25) is 0 Å². The summed E-state index contributed by atoms with van der Waals surface area (Å²) in [6.45, 7) is 9.82. The lowest BCUT2D eigenvalue weighted by Gasteiger charge is -2.32. The molecule has 2 heterocycles. The number of nitrogens with zero attached hydrogens (tertiary/aromatic N) is 3. The van der Waals surface area contributed by atoms with Crippen molar-refractivity contribution in [3.8, 4) is 0 Å². The zero-order valence-electron chi connectivity index (χ0n) is 17.8. The third-order valence-corrected chi connectivity index (χ3v) is 7.57. The molecule has 1 saturated heterocycles. The third kappa shape index (κ3) is 5.77. The maximum absolute atomic E-state index is 12.5. The maximum Gasteiger partial charge on any atom is 0.270 e. The fourth-order valence-corrected chi connectivity index (χ4v) is 5.10. The van der Waals surface area contributed by atoms with Gasteiger partial charge < -0.3 is 10.2 Å². The van der Waals surface area contributed by atoms with Gasteiger partial charge in [0, 0.05) is 30.7 Å². The van der Waals surface area contributed by atoms with E-state index in [1.54, 1.807) is 20.8 Å². The Bertz CT molecular complexity index is 981. The van der Waals surface area contributed by atoms with Gasteiger partial charge in [0.1, 0.15) is 0 Å². The van der Waals surface area contributed by atoms with Crippen molar-refractivity contribution in [2.45, 2.75) is 51.4 Å². The maximum atomic E-state index is 12.5. The summed E-state index contributed by atoms with van der Waals surface area (Å²) in [5.41, 5.74) is 1.41. The number of carbonyl (C=O) groups excluding carboxylic acids is 1. The van der Waals surface area contributed by atoms with Crippen molar-refractivity contribution in [2.24, 2.45) is 11.3 Å². The molecule has 1 aromatic carbocycles. The summed E-state index contributed by atoms with van der Waals surface area (Å²) in [7, 11) is -3.81. The molecule has 1 aliphatic heterocycles. The van der Waals surface area contributed by atoms with Gasteiger partial charge in [0.25, 0.3) is 10.0 Å². The highest BCUT2D eigenvalue weighted by Gasteiger charge is 2.25. The van der Waals surface area contributed by atoms with Crippen molar-refractivity contribution in [3.05, 3.63) is 29.8 Å². The number of hydrogen-bond donors (Lipinski definition) is 2. The van der Waals surface area contributed by atoms with Gasteiger partial charge in [-0.15, -0.1) is 10.2 Å². The summed E-state index contributed by atoms with van der Waals surface area (Å²) in [5, 5.41) is 10.2. The Morgan fingerprint density at radius 3 is 2.57 bits per heavy atom. The van der Waals surface area contributed by atoms with Crippen molar-refractivity contribution >= 4 is 38.1 Å². The van der Waals surface area contributed by atoms with Gasteiger partial charge in [-0.3, -0.25) is 4.79 Å². The number of aromatic nitrogens is 2. The lowest BCUT2D eigenvalue weighted by molar-refractivity contribution is -0.123. The Balaban J connectivity index is 1.59. The van der Waals surface area contributed by atoms with Crippen LogP contribution in [0.4, 0.5) is 10.8 Å². The quantitative estimate of drug-likeness (QED) is 0.654. The summed E-state index contributed by atoms with van der Waals surface area (Å²) in [5.74, 6) is 0.439. The molecule has 0 saturated carbocycles. The van der Waals surface area contributed by atoms with Crippen LogP contribution in [-0.4, -0.2) is 37.6 Å². The number of nitrogens with one attached hydrogen (secondary N) is 2. The van der Waals surface area contributed by atoms with Crippen LogP contribution in [0.3, 0.4) is 0 Å². The molecule has 164 valence electrons. The molecule has 0 aliphatic carbocycles. The molecule has 0 bridgehead atoms. The summed E-state index contributed by atoms with van der Waals surface area (Å²) in [4.78, 5) is 14.4. The lowest BCUT2D eigenvalue weighted by Crippen LogP contribution is -2.34. The van der Waals surface area contributed by atoms with E-state index in [2.05, 4.69) is 32.1 Å². The predicted octanol–water partition coefficient (Wildman–Crippen LogP) is 3.24. The van der Waals surface area contributed by atoms with Crippen LogP contribution < -0.4 is 14.9 Å². The van der Waals surface area contributed by atoms with E-state index in [9.17, 15) is 13.2 Å². The molecule has 1 amide bonds. The first-order chi connectivity index (χ1) is 14.0. The van der Waals surface area contributed by atoms with Gasteiger partial charge in [0.2, 0.25) is 15.4 Å². The number of rotatable bonds is 6. The van der Waals surface area contributed by atoms with Crippen LogP contribution in [0.25, 0.3) is 0 Å². The Hall–Kier alpha value is -2.04. The normalized spacial score (nSPS) is 17.7. The van der Waals surface area contributed by atoms with E-state index in [1.807, 2.05) is 24.3 Å². The smallest absolute Gasteiger partial charge is 0.270 e. The largest absolute Gasteiger partial charge is 0.371 e. The monoisotopic (exact) mass is 451 g/mol. The van der Waals surface area contributed by atoms with Gasteiger partial charge in [-0.25, -0.2) is 13.1 Å². The molecule has 1 fully saturated rings. The second kappa shape index (κ2) is 8.99. The number of piperidine rings is 1. The van der Waals surface area contributed by atoms with Crippen molar-refractivity contribution < 1.29 is 13.2 Å². The SMILES string of the molecule is C[C@H]1CCCN(c2ccc(CNS(=O)(=O)c3nnc(NC(=O)C(C)(C)C)s3)cc2)C1. The Morgan fingerprint density at radius 1 is 1.23 bits per heavy atom. The first-order valence-electron chi connectivity index (χ1n) is 10.0. The molecule has 0 spiro atoms. The van der Waals surface area contributed by atoms with Gasteiger partial charge in [-0.1, -0.05) is 51.2 Å². The van der Waals surface area contributed by atoms with Crippen LogP contribution >= 0.6 is 11.3 Å². The minimum Gasteiger partial charge on any atom is -0.371 e. The first kappa shape index (κ1) is 22.6. The number of amides is 1. The van der Waals surface area contributed by atoms with Gasteiger partial charge >= 0.3 is 0 Å². The molecular formula is C20H29N5O3S2. The van der Waals surface area contributed by atoms with Crippen molar-refractivity contribution in [1.29, 1.82) is 0 Å². The average molecular weight is 452 g/mol. The molecule has 2 N–H and O–H groups in total. The van der Waals surface area contributed by atoms with Crippen LogP contribution in [0, 0.1) is 11.3 Å². The minimum atomic E-state index is -3.81. The highest BCUT2D eigenvalue weighted by atomic mass is 32.2. The summed E-state index contributed by atoms with van der Waals surface area (Å²) < 4.78 is 27.4. The number of carbonyl (C=O) groups is 1. The molecule has 8 nitrogen and oxygen atoms in total. The van der Waals surface area contributed by atoms with Crippen molar-refractivity contribution in [2.75, 3.05) is 23.3 Å². The Labute approximate surface area is 182 Å². The summed E-state index contributed by atoms with van der Waals surface area (Å²) >= 11 is 0.830. The Morgan fingerprint density at radius 2 is 1.93 bits per heavy atom. The molecule has 1 atom stereocenters. The van der Waals surface area contributed by atoms with Crippen molar-refractivity contribution in [3.63, 3.8) is 0 Å². The number of sulfonamides is 1. The van der Waals surface area contributed by atoms with Gasteiger partial charge in [0.15, 0.2) is 0 Å². The molecule has 0 radical (unpaired) electrons. The summed E-state index contributed by atoms with van der Waals surface area (Å²) in [6.07, 6.45) is 2.46. The third-order valence-electron chi connectivity index (χ3n) is 4.96. The fraction of sp³-hybridized carbons (Fsp3) is 0.550. The van der Waals surface area contributed by atoms with Crippen LogP contribution in [0.1, 0.15) is 46.1 Å². The van der Waals surface area contributed by atoms with E-state index < -0.39 is 15.4 Å². The van der Waals surface area contributed by atoms with Gasteiger partial charge in [-0.2, -0.15) is 0 Å². The van der Waals surface area contributed by atoms with Gasteiger partial charge in [0.05, 0.1) is 0 Å². The second-order valence-corrected chi connectivity index (χ2v) is 11.7. The molecule has 1 aliphatic rings. The van der Waals surface area contributed by atoms with E-state index >= 15 is 0 Å². The first-order valence-corrected chi connectivity index (χ1v) is 12.3. The fourth-order valence-electron chi connectivity index (χ4n) is 3.14. The molecule has 30 heavy (non-hydrogen) atoms. The average Bonchev–Trinajstić information content (AvgIpc) is 3.16. The molecule has 10 heteroatoms. The van der Waals surface area contributed by atoms with E-state index in [0.29, 0.717) is 5.92 Å². The molecule has 0 unspecified atom stereocenters. The number of benzene rings is 1. The van der Waals surface area contributed by atoms with Crippen LogP contribution in [0.15, 0.2) is 28.6 Å². The van der Waals surface area contributed by atoms with Crippen LogP contribution in [-0.2, 0) is 21.4 Å². The minimum absolute atomic E-state index is 0.155.